The van der Waals surface area contributed by atoms with Crippen molar-refractivity contribution in [1.29, 1.82) is 0 Å². The highest BCUT2D eigenvalue weighted by molar-refractivity contribution is 5.90. The Morgan fingerprint density at radius 3 is 2.75 bits per heavy atom. The molecular formula is C16H21NO3. The Morgan fingerprint density at radius 2 is 2.20 bits per heavy atom. The van der Waals surface area contributed by atoms with Gasteiger partial charge in [-0.2, -0.15) is 0 Å². The number of nitrogens with two attached hydrogens (primary N) is 1. The molecule has 1 aromatic rings. The van der Waals surface area contributed by atoms with Crippen LogP contribution in [0.4, 0.5) is 0 Å². The van der Waals surface area contributed by atoms with E-state index in [1.165, 1.54) is 6.08 Å². The lowest BCUT2D eigenvalue weighted by Crippen LogP contribution is -2.05. The Labute approximate surface area is 119 Å². The smallest absolute Gasteiger partial charge is 0.241 e. The van der Waals surface area contributed by atoms with Crippen LogP contribution in [-0.4, -0.2) is 19.6 Å². The van der Waals surface area contributed by atoms with E-state index in [2.05, 4.69) is 6.58 Å². The highest BCUT2D eigenvalue weighted by atomic mass is 16.5. The summed E-state index contributed by atoms with van der Waals surface area (Å²) in [5.41, 5.74) is 6.91. The fourth-order valence-electron chi connectivity index (χ4n) is 1.78. The number of allylic oxidation sites excluding steroid dienone is 1. The number of methoxy groups -OCH3 is 1. The van der Waals surface area contributed by atoms with E-state index in [-0.39, 0.29) is 0 Å². The molecule has 0 unspecified atom stereocenters. The third-order valence-corrected chi connectivity index (χ3v) is 2.63. The maximum absolute atomic E-state index is 10.8. The summed E-state index contributed by atoms with van der Waals surface area (Å²) in [6.45, 7) is 6.42. The highest BCUT2D eigenvalue weighted by Crippen LogP contribution is 2.34. The van der Waals surface area contributed by atoms with Crippen molar-refractivity contribution >= 4 is 12.0 Å². The van der Waals surface area contributed by atoms with Crippen LogP contribution in [0, 0.1) is 0 Å². The fraction of sp³-hybridized carbons (Fsp3) is 0.312. The fourth-order valence-corrected chi connectivity index (χ4v) is 1.78. The number of rotatable bonds is 8. The van der Waals surface area contributed by atoms with Crippen LogP contribution in [0.25, 0.3) is 6.08 Å². The third kappa shape index (κ3) is 4.46. The first-order valence-electron chi connectivity index (χ1n) is 6.54. The minimum Gasteiger partial charge on any atom is -0.493 e. The van der Waals surface area contributed by atoms with Crippen LogP contribution < -0.4 is 15.2 Å². The summed E-state index contributed by atoms with van der Waals surface area (Å²) in [4.78, 5) is 10.8. The molecule has 1 rings (SSSR count). The van der Waals surface area contributed by atoms with E-state index in [4.69, 9.17) is 15.2 Å². The number of hydrogen-bond donors (Lipinski definition) is 1. The first kappa shape index (κ1) is 15.8. The molecule has 0 aromatic heterocycles. The molecule has 0 radical (unpaired) electrons. The van der Waals surface area contributed by atoms with Gasteiger partial charge in [-0.1, -0.05) is 13.0 Å². The molecule has 0 aliphatic carbocycles. The lowest BCUT2D eigenvalue weighted by molar-refractivity contribution is -0.113. The molecule has 108 valence electrons. The van der Waals surface area contributed by atoms with Gasteiger partial charge in [0.25, 0.3) is 0 Å². The first-order valence-corrected chi connectivity index (χ1v) is 6.54. The van der Waals surface area contributed by atoms with Gasteiger partial charge in [-0.3, -0.25) is 4.79 Å². The molecule has 4 nitrogen and oxygen atoms in total. The Bertz CT molecular complexity index is 507. The van der Waals surface area contributed by atoms with Gasteiger partial charge >= 0.3 is 0 Å². The summed E-state index contributed by atoms with van der Waals surface area (Å²) in [5.74, 6) is 0.882. The van der Waals surface area contributed by atoms with Gasteiger partial charge in [0, 0.05) is 11.6 Å². The maximum atomic E-state index is 10.8. The quantitative estimate of drug-likeness (QED) is 0.586. The second-order valence-electron chi connectivity index (χ2n) is 4.29. The van der Waals surface area contributed by atoms with Crippen molar-refractivity contribution in [3.63, 3.8) is 0 Å². The molecule has 0 aliphatic rings. The van der Waals surface area contributed by atoms with Crippen molar-refractivity contribution in [2.24, 2.45) is 5.73 Å². The summed E-state index contributed by atoms with van der Waals surface area (Å²) < 4.78 is 11.1. The Hall–Kier alpha value is -2.23. The standard InChI is InChI=1S/C16H21NO3/c1-4-6-13-10-12(7-8-15(17)18)11-14(19-3)16(13)20-9-5-2/h4,7-8,10-11H,1,5-6,9H2,2-3H3,(H2,17,18)/b8-7-. The summed E-state index contributed by atoms with van der Waals surface area (Å²) in [7, 11) is 1.59. The number of amides is 1. The van der Waals surface area contributed by atoms with Crippen LogP contribution in [0.15, 0.2) is 30.9 Å². The van der Waals surface area contributed by atoms with Gasteiger partial charge in [0.2, 0.25) is 5.91 Å². The van der Waals surface area contributed by atoms with Gasteiger partial charge in [-0.05, 0) is 36.6 Å². The van der Waals surface area contributed by atoms with Crippen LogP contribution in [0.3, 0.4) is 0 Å². The predicted octanol–water partition coefficient (Wildman–Crippen LogP) is 2.71. The summed E-state index contributed by atoms with van der Waals surface area (Å²) >= 11 is 0. The normalized spacial score (nSPS) is 10.5. The zero-order valence-electron chi connectivity index (χ0n) is 12.0. The van der Waals surface area contributed by atoms with Gasteiger partial charge in [0.1, 0.15) is 0 Å². The van der Waals surface area contributed by atoms with Crippen molar-refractivity contribution in [3.8, 4) is 11.5 Å². The summed E-state index contributed by atoms with van der Waals surface area (Å²) in [5, 5.41) is 0. The highest BCUT2D eigenvalue weighted by Gasteiger charge is 2.11. The molecule has 20 heavy (non-hydrogen) atoms. The lowest BCUT2D eigenvalue weighted by atomic mass is 10.0. The Morgan fingerprint density at radius 1 is 1.45 bits per heavy atom. The first-order chi connectivity index (χ1) is 9.62. The van der Waals surface area contributed by atoms with Crippen molar-refractivity contribution in [2.75, 3.05) is 13.7 Å². The second-order valence-corrected chi connectivity index (χ2v) is 4.29. The van der Waals surface area contributed by atoms with E-state index in [9.17, 15) is 4.79 Å². The molecule has 1 aromatic carbocycles. The van der Waals surface area contributed by atoms with E-state index < -0.39 is 5.91 Å². The number of benzene rings is 1. The molecule has 0 atom stereocenters. The van der Waals surface area contributed by atoms with E-state index in [0.29, 0.717) is 18.8 Å². The van der Waals surface area contributed by atoms with Crippen LogP contribution in [0.1, 0.15) is 24.5 Å². The number of carbonyl (C=O) groups excluding carboxylic acids is 1. The number of carbonyl (C=O) groups is 1. The molecule has 0 spiro atoms. The Kier molecular flexibility index (Phi) is 6.37. The topological polar surface area (TPSA) is 61.6 Å². The second kappa shape index (κ2) is 8.04. The van der Waals surface area contributed by atoms with Crippen molar-refractivity contribution in [3.05, 3.63) is 42.0 Å². The van der Waals surface area contributed by atoms with Gasteiger partial charge in [-0.25, -0.2) is 0 Å². The molecule has 0 saturated carbocycles. The zero-order chi connectivity index (χ0) is 15.0. The minimum absolute atomic E-state index is 0.486. The van der Waals surface area contributed by atoms with Crippen molar-refractivity contribution in [2.45, 2.75) is 19.8 Å². The van der Waals surface area contributed by atoms with E-state index >= 15 is 0 Å². The molecule has 0 fully saturated rings. The third-order valence-electron chi connectivity index (χ3n) is 2.63. The van der Waals surface area contributed by atoms with Crippen molar-refractivity contribution < 1.29 is 14.3 Å². The molecule has 0 heterocycles. The van der Waals surface area contributed by atoms with Gasteiger partial charge in [0.05, 0.1) is 13.7 Å². The zero-order valence-corrected chi connectivity index (χ0v) is 12.0. The van der Waals surface area contributed by atoms with E-state index in [1.54, 1.807) is 19.3 Å². The predicted molar refractivity (Wildman–Crippen MR) is 80.9 cm³/mol. The molecule has 0 aliphatic heterocycles. The monoisotopic (exact) mass is 275 g/mol. The number of hydrogen-bond acceptors (Lipinski definition) is 3. The van der Waals surface area contributed by atoms with Crippen molar-refractivity contribution in [1.82, 2.24) is 0 Å². The lowest BCUT2D eigenvalue weighted by Gasteiger charge is -2.15. The summed E-state index contributed by atoms with van der Waals surface area (Å²) in [6.07, 6.45) is 6.35. The minimum atomic E-state index is -0.486. The van der Waals surface area contributed by atoms with E-state index in [1.807, 2.05) is 19.1 Å². The number of ether oxygens (including phenoxy) is 2. The average molecular weight is 275 g/mol. The molecular weight excluding hydrogens is 254 g/mol. The molecule has 1 amide bonds. The van der Waals surface area contributed by atoms with Gasteiger partial charge in [0.15, 0.2) is 11.5 Å². The SMILES string of the molecule is C=CCc1cc(/C=C\C(N)=O)cc(OC)c1OCCC. The molecule has 2 N–H and O–H groups in total. The van der Waals surface area contributed by atoms with Crippen LogP contribution in [0.2, 0.25) is 0 Å². The molecule has 0 saturated heterocycles. The van der Waals surface area contributed by atoms with Gasteiger partial charge < -0.3 is 15.2 Å². The maximum Gasteiger partial charge on any atom is 0.241 e. The van der Waals surface area contributed by atoms with Crippen LogP contribution >= 0.6 is 0 Å². The van der Waals surface area contributed by atoms with Crippen LogP contribution in [0.5, 0.6) is 11.5 Å². The van der Waals surface area contributed by atoms with Gasteiger partial charge in [-0.15, -0.1) is 6.58 Å². The molecule has 0 bridgehead atoms. The Balaban J connectivity index is 3.21. The largest absolute Gasteiger partial charge is 0.493 e. The summed E-state index contributed by atoms with van der Waals surface area (Å²) in [6, 6.07) is 3.76. The number of primary amides is 1. The van der Waals surface area contributed by atoms with E-state index in [0.717, 1.165) is 23.3 Å². The van der Waals surface area contributed by atoms with Crippen LogP contribution in [-0.2, 0) is 11.2 Å². The molecule has 4 heteroatoms. The average Bonchev–Trinajstić information content (AvgIpc) is 2.43.